The molecule has 0 atom stereocenters. The molecule has 0 radical (unpaired) electrons. The molecular weight excluding hydrogens is 302 g/mol. The van der Waals surface area contributed by atoms with Crippen LogP contribution in [0.15, 0.2) is 41.3 Å². The number of anilines is 1. The van der Waals surface area contributed by atoms with E-state index >= 15 is 0 Å². The number of benzene rings is 2. The average Bonchev–Trinajstić information content (AvgIpc) is 2.44. The van der Waals surface area contributed by atoms with Crippen LogP contribution in [0, 0.1) is 13.8 Å². The smallest absolute Gasteiger partial charge is 0.122 e. The van der Waals surface area contributed by atoms with Gasteiger partial charge < -0.3 is 10.5 Å². The number of thioether (sulfide) groups is 1. The average molecular weight is 322 g/mol. The second-order valence-electron chi connectivity index (χ2n) is 5.01. The summed E-state index contributed by atoms with van der Waals surface area (Å²) in [6.07, 6.45) is 0.971. The molecule has 0 aliphatic rings. The summed E-state index contributed by atoms with van der Waals surface area (Å²) in [4.78, 5) is 1.07. The van der Waals surface area contributed by atoms with Crippen LogP contribution in [0.5, 0.6) is 5.75 Å². The van der Waals surface area contributed by atoms with Gasteiger partial charge in [-0.3, -0.25) is 0 Å². The predicted molar refractivity (Wildman–Crippen MR) is 92.6 cm³/mol. The number of hydrogen-bond donors (Lipinski definition) is 1. The fraction of sp³-hybridized carbons (Fsp3) is 0.294. The lowest BCUT2D eigenvalue weighted by Crippen LogP contribution is -2.00. The van der Waals surface area contributed by atoms with Gasteiger partial charge in [-0.15, -0.1) is 11.8 Å². The molecule has 0 fully saturated rings. The Balaban J connectivity index is 1.76. The van der Waals surface area contributed by atoms with Crippen LogP contribution in [-0.2, 0) is 0 Å². The van der Waals surface area contributed by atoms with Gasteiger partial charge in [0, 0.05) is 16.3 Å². The zero-order valence-electron chi connectivity index (χ0n) is 12.4. The third-order valence-corrected chi connectivity index (χ3v) is 4.69. The van der Waals surface area contributed by atoms with E-state index < -0.39 is 0 Å². The maximum atomic E-state index is 6.14. The fourth-order valence-electron chi connectivity index (χ4n) is 1.92. The third-order valence-electron chi connectivity index (χ3n) is 3.10. The molecule has 2 aromatic rings. The highest BCUT2D eigenvalue weighted by molar-refractivity contribution is 7.99. The lowest BCUT2D eigenvalue weighted by molar-refractivity contribution is 0.316. The lowest BCUT2D eigenvalue weighted by Gasteiger charge is -2.10. The van der Waals surface area contributed by atoms with Gasteiger partial charge in [0.15, 0.2) is 0 Å². The van der Waals surface area contributed by atoms with Crippen LogP contribution < -0.4 is 10.5 Å². The first-order chi connectivity index (χ1) is 10.1. The van der Waals surface area contributed by atoms with E-state index in [4.69, 9.17) is 22.1 Å². The van der Waals surface area contributed by atoms with Crippen molar-refractivity contribution in [1.29, 1.82) is 0 Å². The van der Waals surface area contributed by atoms with E-state index in [9.17, 15) is 0 Å². The second-order valence-corrected chi connectivity index (χ2v) is 6.55. The van der Waals surface area contributed by atoms with E-state index in [-0.39, 0.29) is 0 Å². The van der Waals surface area contributed by atoms with Crippen LogP contribution in [0.25, 0.3) is 0 Å². The van der Waals surface area contributed by atoms with Gasteiger partial charge in [0.25, 0.3) is 0 Å². The van der Waals surface area contributed by atoms with Crippen molar-refractivity contribution in [3.8, 4) is 5.75 Å². The van der Waals surface area contributed by atoms with Gasteiger partial charge in [-0.05, 0) is 55.7 Å². The van der Waals surface area contributed by atoms with Crippen molar-refractivity contribution in [2.75, 3.05) is 18.1 Å². The lowest BCUT2D eigenvalue weighted by atomic mass is 10.1. The van der Waals surface area contributed by atoms with Crippen molar-refractivity contribution in [3.63, 3.8) is 0 Å². The van der Waals surface area contributed by atoms with E-state index in [0.29, 0.717) is 12.3 Å². The van der Waals surface area contributed by atoms with E-state index in [0.717, 1.165) is 27.8 Å². The first kappa shape index (κ1) is 16.1. The van der Waals surface area contributed by atoms with E-state index in [1.165, 1.54) is 11.1 Å². The van der Waals surface area contributed by atoms with Crippen molar-refractivity contribution < 1.29 is 4.74 Å². The minimum absolute atomic E-state index is 0.697. The van der Waals surface area contributed by atoms with Gasteiger partial charge in [0.05, 0.1) is 11.6 Å². The molecular formula is C17H20ClNOS. The molecule has 4 heteroatoms. The van der Waals surface area contributed by atoms with Gasteiger partial charge in [-0.1, -0.05) is 23.7 Å². The summed E-state index contributed by atoms with van der Waals surface area (Å²) in [5.74, 6) is 1.94. The van der Waals surface area contributed by atoms with Crippen molar-refractivity contribution in [2.45, 2.75) is 25.2 Å². The fourth-order valence-corrected chi connectivity index (χ4v) is 3.12. The van der Waals surface area contributed by atoms with Gasteiger partial charge >= 0.3 is 0 Å². The van der Waals surface area contributed by atoms with Crippen molar-refractivity contribution in [1.82, 2.24) is 0 Å². The van der Waals surface area contributed by atoms with Crippen molar-refractivity contribution in [2.24, 2.45) is 0 Å². The number of hydrogen-bond acceptors (Lipinski definition) is 3. The van der Waals surface area contributed by atoms with Crippen LogP contribution >= 0.6 is 23.4 Å². The molecule has 112 valence electrons. The molecule has 2 N–H and O–H groups in total. The topological polar surface area (TPSA) is 35.2 Å². The Morgan fingerprint density at radius 1 is 1.14 bits per heavy atom. The number of nitrogens with two attached hydrogens (primary N) is 1. The Kier molecular flexibility index (Phi) is 5.83. The molecule has 21 heavy (non-hydrogen) atoms. The molecule has 0 amide bonds. The predicted octanol–water partition coefficient (Wildman–Crippen LogP) is 5.10. The Bertz CT molecular complexity index is 616. The number of ether oxygens (including phenoxy) is 1. The molecule has 0 saturated heterocycles. The molecule has 0 aliphatic heterocycles. The summed E-state index contributed by atoms with van der Waals surface area (Å²) < 4.78 is 5.84. The zero-order chi connectivity index (χ0) is 15.2. The largest absolute Gasteiger partial charge is 0.493 e. The molecule has 0 unspecified atom stereocenters. The second kappa shape index (κ2) is 7.62. The van der Waals surface area contributed by atoms with E-state index in [1.807, 2.05) is 12.1 Å². The van der Waals surface area contributed by atoms with Crippen molar-refractivity contribution in [3.05, 3.63) is 52.5 Å². The van der Waals surface area contributed by atoms with Gasteiger partial charge in [0.1, 0.15) is 5.75 Å². The molecule has 0 heterocycles. The van der Waals surface area contributed by atoms with Crippen LogP contribution in [-0.4, -0.2) is 12.4 Å². The van der Waals surface area contributed by atoms with Gasteiger partial charge in [-0.2, -0.15) is 0 Å². The summed E-state index contributed by atoms with van der Waals surface area (Å²) in [5.41, 5.74) is 8.77. The highest BCUT2D eigenvalue weighted by Crippen LogP contribution is 2.29. The molecule has 2 nitrogen and oxygen atoms in total. The highest BCUT2D eigenvalue weighted by atomic mass is 35.5. The molecule has 0 aliphatic carbocycles. The molecule has 0 aromatic heterocycles. The molecule has 0 spiro atoms. The van der Waals surface area contributed by atoms with Gasteiger partial charge in [-0.25, -0.2) is 0 Å². The summed E-state index contributed by atoms with van der Waals surface area (Å²) in [5, 5.41) is 0.718. The first-order valence-electron chi connectivity index (χ1n) is 6.94. The highest BCUT2D eigenvalue weighted by Gasteiger charge is 2.03. The standard InChI is InChI=1S/C17H20ClNOS/c1-12-4-5-13(2)16(10-12)20-8-3-9-21-17-7-6-14(19)11-15(17)18/h4-7,10-11H,3,8-9,19H2,1-2H3. The SMILES string of the molecule is Cc1ccc(C)c(OCCCSc2ccc(N)cc2Cl)c1. The summed E-state index contributed by atoms with van der Waals surface area (Å²) >= 11 is 7.88. The zero-order valence-corrected chi connectivity index (χ0v) is 13.9. The van der Waals surface area contributed by atoms with Crippen LogP contribution in [0.1, 0.15) is 17.5 Å². The number of nitrogen functional groups attached to an aromatic ring is 1. The first-order valence-corrected chi connectivity index (χ1v) is 8.30. The maximum Gasteiger partial charge on any atom is 0.122 e. The number of rotatable bonds is 6. The Morgan fingerprint density at radius 3 is 2.71 bits per heavy atom. The third kappa shape index (κ3) is 4.87. The van der Waals surface area contributed by atoms with E-state index in [2.05, 4.69) is 32.0 Å². The Morgan fingerprint density at radius 2 is 1.95 bits per heavy atom. The Hall–Kier alpha value is -1.32. The van der Waals surface area contributed by atoms with Crippen LogP contribution in [0.4, 0.5) is 5.69 Å². The van der Waals surface area contributed by atoms with Gasteiger partial charge in [0.2, 0.25) is 0 Å². The van der Waals surface area contributed by atoms with E-state index in [1.54, 1.807) is 17.8 Å². The van der Waals surface area contributed by atoms with Crippen LogP contribution in [0.3, 0.4) is 0 Å². The van der Waals surface area contributed by atoms with Crippen LogP contribution in [0.2, 0.25) is 5.02 Å². The quantitative estimate of drug-likeness (QED) is 0.456. The molecule has 0 saturated carbocycles. The molecule has 0 bridgehead atoms. The number of aryl methyl sites for hydroxylation is 2. The Labute approximate surface area is 135 Å². The number of halogens is 1. The monoisotopic (exact) mass is 321 g/mol. The van der Waals surface area contributed by atoms with Crippen molar-refractivity contribution >= 4 is 29.1 Å². The summed E-state index contributed by atoms with van der Waals surface area (Å²) in [6.45, 7) is 4.85. The normalized spacial score (nSPS) is 10.6. The minimum Gasteiger partial charge on any atom is -0.493 e. The molecule has 2 aromatic carbocycles. The maximum absolute atomic E-state index is 6.14. The summed E-state index contributed by atoms with van der Waals surface area (Å²) in [7, 11) is 0. The minimum atomic E-state index is 0.697. The summed E-state index contributed by atoms with van der Waals surface area (Å²) in [6, 6.07) is 11.9. The molecule has 2 rings (SSSR count).